The molecule has 0 N–H and O–H groups in total. The van der Waals surface area contributed by atoms with Crippen molar-refractivity contribution in [1.29, 1.82) is 0 Å². The maximum Gasteiger partial charge on any atom is 0.238 e. The van der Waals surface area contributed by atoms with Crippen LogP contribution in [0, 0.1) is 29.5 Å². The normalized spacial score (nSPS) is 34.6. The molecule has 1 aromatic rings. The van der Waals surface area contributed by atoms with Crippen molar-refractivity contribution in [3.63, 3.8) is 0 Å². The van der Waals surface area contributed by atoms with Gasteiger partial charge in [0.25, 0.3) is 0 Å². The Morgan fingerprint density at radius 3 is 1.96 bits per heavy atom. The highest BCUT2D eigenvalue weighted by molar-refractivity contribution is 6.22. The molecule has 3 aliphatic carbocycles. The van der Waals surface area contributed by atoms with Crippen molar-refractivity contribution < 1.29 is 14.0 Å². The molecule has 0 radical (unpaired) electrons. The summed E-state index contributed by atoms with van der Waals surface area (Å²) in [5.74, 6) is -0.942. The lowest BCUT2D eigenvalue weighted by Crippen LogP contribution is -2.35. The number of halogens is 1. The van der Waals surface area contributed by atoms with Crippen molar-refractivity contribution in [2.24, 2.45) is 23.7 Å². The molecule has 0 unspecified atom stereocenters. The van der Waals surface area contributed by atoms with Crippen LogP contribution in [-0.2, 0) is 9.59 Å². The Kier molecular flexibility index (Phi) is 3.00. The van der Waals surface area contributed by atoms with E-state index in [9.17, 15) is 14.0 Å². The van der Waals surface area contributed by atoms with Crippen molar-refractivity contribution >= 4 is 17.5 Å². The van der Waals surface area contributed by atoms with Crippen LogP contribution in [0.15, 0.2) is 35.4 Å². The molecule has 2 saturated carbocycles. The molecule has 0 spiro atoms. The standard InChI is InChI=1S/C20H20FNO2/c21-15-9-1-2-10-16(15)22-19(23)17-13-7-3-5-11(13)12-6-4-8-14(12)18(17)20(22)24/h1-2,9-10,13-14,17-18H,3-8H2/t13-,14+,17-,18-/m1/s1. The highest BCUT2D eigenvalue weighted by atomic mass is 19.1. The second-order valence-electron chi connectivity index (χ2n) is 7.56. The van der Waals surface area contributed by atoms with E-state index in [0.717, 1.165) is 43.4 Å². The van der Waals surface area contributed by atoms with Gasteiger partial charge in [-0.25, -0.2) is 9.29 Å². The molecule has 1 saturated heterocycles. The number of imide groups is 1. The second kappa shape index (κ2) is 5.01. The number of para-hydroxylation sites is 1. The summed E-state index contributed by atoms with van der Waals surface area (Å²) in [6.45, 7) is 0. The van der Waals surface area contributed by atoms with Gasteiger partial charge in [-0.05, 0) is 62.5 Å². The smallest absolute Gasteiger partial charge is 0.238 e. The van der Waals surface area contributed by atoms with Crippen LogP contribution in [0.3, 0.4) is 0 Å². The Hall–Kier alpha value is -1.97. The Balaban J connectivity index is 1.63. The van der Waals surface area contributed by atoms with Crippen LogP contribution in [-0.4, -0.2) is 11.8 Å². The van der Waals surface area contributed by atoms with Crippen LogP contribution in [0.2, 0.25) is 0 Å². The van der Waals surface area contributed by atoms with E-state index in [1.54, 1.807) is 18.2 Å². The third-order valence-corrected chi connectivity index (χ3v) is 6.59. The van der Waals surface area contributed by atoms with Crippen LogP contribution in [0.5, 0.6) is 0 Å². The van der Waals surface area contributed by atoms with E-state index in [0.29, 0.717) is 0 Å². The zero-order valence-electron chi connectivity index (χ0n) is 13.5. The highest BCUT2D eigenvalue weighted by Gasteiger charge is 2.59. The van der Waals surface area contributed by atoms with Gasteiger partial charge in [-0.15, -0.1) is 0 Å². The molecule has 24 heavy (non-hydrogen) atoms. The summed E-state index contributed by atoms with van der Waals surface area (Å²) in [6, 6.07) is 6.13. The van der Waals surface area contributed by atoms with Gasteiger partial charge < -0.3 is 0 Å². The fourth-order valence-electron chi connectivity index (χ4n) is 5.76. The molecule has 2 amide bonds. The van der Waals surface area contributed by atoms with E-state index < -0.39 is 5.82 Å². The van der Waals surface area contributed by atoms with E-state index >= 15 is 0 Å². The largest absolute Gasteiger partial charge is 0.274 e. The van der Waals surface area contributed by atoms with E-state index in [4.69, 9.17) is 0 Å². The van der Waals surface area contributed by atoms with Crippen molar-refractivity contribution in [3.05, 3.63) is 41.2 Å². The molecule has 1 aromatic carbocycles. The average molecular weight is 325 g/mol. The Morgan fingerprint density at radius 2 is 1.42 bits per heavy atom. The van der Waals surface area contributed by atoms with E-state index in [2.05, 4.69) is 0 Å². The fourth-order valence-corrected chi connectivity index (χ4v) is 5.76. The summed E-state index contributed by atoms with van der Waals surface area (Å²) in [5, 5.41) is 0. The number of fused-ring (bicyclic) bond motifs is 5. The molecule has 0 bridgehead atoms. The number of amides is 2. The van der Waals surface area contributed by atoms with Gasteiger partial charge in [-0.1, -0.05) is 23.3 Å². The quantitative estimate of drug-likeness (QED) is 0.581. The Labute approximate surface area is 140 Å². The predicted molar refractivity (Wildman–Crippen MR) is 87.6 cm³/mol. The number of benzene rings is 1. The molecule has 1 aliphatic heterocycles. The lowest BCUT2D eigenvalue weighted by molar-refractivity contribution is -0.122. The summed E-state index contributed by atoms with van der Waals surface area (Å²) in [6.07, 6.45) is 6.39. The number of allylic oxidation sites excluding steroid dienone is 2. The first-order valence-electron chi connectivity index (χ1n) is 9.02. The third kappa shape index (κ3) is 1.72. The number of nitrogens with zero attached hydrogens (tertiary/aromatic N) is 1. The van der Waals surface area contributed by atoms with Gasteiger partial charge in [0.2, 0.25) is 11.8 Å². The van der Waals surface area contributed by atoms with Crippen LogP contribution in [0.25, 0.3) is 0 Å². The number of anilines is 1. The van der Waals surface area contributed by atoms with E-state index in [-0.39, 0.29) is 41.2 Å². The molecule has 0 aromatic heterocycles. The lowest BCUT2D eigenvalue weighted by Gasteiger charge is -2.34. The molecule has 3 nitrogen and oxygen atoms in total. The predicted octanol–water partition coefficient (Wildman–Crippen LogP) is 3.84. The minimum Gasteiger partial charge on any atom is -0.274 e. The molecule has 3 fully saturated rings. The number of carbonyl (C=O) groups is 2. The van der Waals surface area contributed by atoms with Gasteiger partial charge in [0.15, 0.2) is 0 Å². The molecule has 4 aliphatic rings. The number of hydrogen-bond donors (Lipinski definition) is 0. The maximum absolute atomic E-state index is 14.2. The number of hydrogen-bond acceptors (Lipinski definition) is 2. The minimum atomic E-state index is -0.496. The fraction of sp³-hybridized carbons (Fsp3) is 0.500. The first-order chi connectivity index (χ1) is 11.7. The van der Waals surface area contributed by atoms with Crippen molar-refractivity contribution in [3.8, 4) is 0 Å². The summed E-state index contributed by atoms with van der Waals surface area (Å²) in [4.78, 5) is 27.5. The summed E-state index contributed by atoms with van der Waals surface area (Å²) >= 11 is 0. The number of rotatable bonds is 1. The van der Waals surface area contributed by atoms with Crippen molar-refractivity contribution in [2.45, 2.75) is 38.5 Å². The third-order valence-electron chi connectivity index (χ3n) is 6.59. The minimum absolute atomic E-state index is 0.126. The van der Waals surface area contributed by atoms with Crippen LogP contribution >= 0.6 is 0 Å². The summed E-state index contributed by atoms with van der Waals surface area (Å²) < 4.78 is 14.2. The Bertz CT molecular complexity index is 742. The first-order valence-corrected chi connectivity index (χ1v) is 9.02. The Morgan fingerprint density at radius 1 is 0.875 bits per heavy atom. The van der Waals surface area contributed by atoms with Gasteiger partial charge in [0, 0.05) is 0 Å². The molecule has 4 heteroatoms. The van der Waals surface area contributed by atoms with Crippen molar-refractivity contribution in [2.75, 3.05) is 4.90 Å². The topological polar surface area (TPSA) is 37.4 Å². The molecule has 1 heterocycles. The summed E-state index contributed by atoms with van der Waals surface area (Å²) in [7, 11) is 0. The van der Waals surface area contributed by atoms with Gasteiger partial charge in [0.1, 0.15) is 5.82 Å². The molecule has 4 atom stereocenters. The zero-order valence-corrected chi connectivity index (χ0v) is 13.5. The van der Waals surface area contributed by atoms with Crippen LogP contribution in [0.1, 0.15) is 38.5 Å². The van der Waals surface area contributed by atoms with Gasteiger partial charge >= 0.3 is 0 Å². The second-order valence-corrected chi connectivity index (χ2v) is 7.56. The average Bonchev–Trinajstić information content (AvgIpc) is 3.26. The maximum atomic E-state index is 14.2. The summed E-state index contributed by atoms with van der Waals surface area (Å²) in [5.41, 5.74) is 3.06. The SMILES string of the molecule is O=C1[C@H]2[C@H](C(=O)N1c1ccccc1F)[C@H]1CCCC1=C1CCC[C@H]12. The van der Waals surface area contributed by atoms with E-state index in [1.165, 1.54) is 17.2 Å². The van der Waals surface area contributed by atoms with Crippen LogP contribution < -0.4 is 4.90 Å². The lowest BCUT2D eigenvalue weighted by atomic mass is 9.66. The monoisotopic (exact) mass is 325 g/mol. The van der Waals surface area contributed by atoms with Gasteiger partial charge in [0.05, 0.1) is 17.5 Å². The molecular formula is C20H20FNO2. The molecular weight excluding hydrogens is 305 g/mol. The number of carbonyl (C=O) groups excluding carboxylic acids is 2. The first kappa shape index (κ1) is 14.4. The molecule has 124 valence electrons. The van der Waals surface area contributed by atoms with Crippen LogP contribution in [0.4, 0.5) is 10.1 Å². The van der Waals surface area contributed by atoms with Crippen molar-refractivity contribution in [1.82, 2.24) is 0 Å². The zero-order chi connectivity index (χ0) is 16.4. The van der Waals surface area contributed by atoms with E-state index in [1.807, 2.05) is 0 Å². The van der Waals surface area contributed by atoms with Gasteiger partial charge in [-0.2, -0.15) is 0 Å². The highest BCUT2D eigenvalue weighted by Crippen LogP contribution is 2.57. The molecule has 5 rings (SSSR count). The van der Waals surface area contributed by atoms with Gasteiger partial charge in [-0.3, -0.25) is 9.59 Å².